The van der Waals surface area contributed by atoms with Crippen molar-refractivity contribution in [2.45, 2.75) is 45.1 Å². The van der Waals surface area contributed by atoms with E-state index in [1.807, 2.05) is 16.7 Å². The third kappa shape index (κ3) is 5.17. The highest BCUT2D eigenvalue weighted by Gasteiger charge is 2.15. The standard InChI is InChI=1S/C22H25N3O3S2/c1-27-19-11-15(8-9-18(19)28-12-16-13-29-14-24-16)22(26)23-10-4-7-21-25-17-5-2-3-6-20(17)30-21/h8-9,11,13-14H,2-7,10,12H2,1H3,(H,23,26). The molecule has 0 unspecified atom stereocenters. The van der Waals surface area contributed by atoms with Gasteiger partial charge < -0.3 is 14.8 Å². The maximum atomic E-state index is 12.5. The molecule has 0 saturated heterocycles. The number of nitrogens with zero attached hydrogens (tertiary/aromatic N) is 2. The fraction of sp³-hybridized carbons (Fsp3) is 0.409. The average Bonchev–Trinajstić information content (AvgIpc) is 3.44. The van der Waals surface area contributed by atoms with E-state index < -0.39 is 0 Å². The lowest BCUT2D eigenvalue weighted by Crippen LogP contribution is -2.24. The van der Waals surface area contributed by atoms with Crippen LogP contribution in [-0.2, 0) is 25.9 Å². The smallest absolute Gasteiger partial charge is 0.251 e. The van der Waals surface area contributed by atoms with Crippen LogP contribution in [0.5, 0.6) is 11.5 Å². The van der Waals surface area contributed by atoms with Crippen molar-refractivity contribution in [3.63, 3.8) is 0 Å². The van der Waals surface area contributed by atoms with Gasteiger partial charge in [0.2, 0.25) is 0 Å². The molecule has 3 aromatic rings. The second-order valence-electron chi connectivity index (χ2n) is 7.18. The minimum absolute atomic E-state index is 0.113. The molecule has 1 aliphatic rings. The summed E-state index contributed by atoms with van der Waals surface area (Å²) in [6.07, 6.45) is 6.62. The molecule has 0 radical (unpaired) electrons. The number of benzene rings is 1. The van der Waals surface area contributed by atoms with E-state index in [1.165, 1.54) is 46.2 Å². The second-order valence-corrected chi connectivity index (χ2v) is 9.06. The van der Waals surface area contributed by atoms with Gasteiger partial charge in [0.05, 0.1) is 29.0 Å². The summed E-state index contributed by atoms with van der Waals surface area (Å²) in [6, 6.07) is 5.23. The lowest BCUT2D eigenvalue weighted by atomic mass is 10.0. The first-order valence-corrected chi connectivity index (χ1v) is 11.9. The zero-order valence-electron chi connectivity index (χ0n) is 17.0. The largest absolute Gasteiger partial charge is 0.493 e. The number of ether oxygens (including phenoxy) is 2. The molecule has 1 aliphatic carbocycles. The van der Waals surface area contributed by atoms with Gasteiger partial charge in [0.25, 0.3) is 5.91 Å². The SMILES string of the molecule is COc1cc(C(=O)NCCCc2nc3c(s2)CCCC3)ccc1OCc1cscn1. The molecule has 1 aromatic carbocycles. The molecule has 8 heteroatoms. The zero-order valence-corrected chi connectivity index (χ0v) is 18.6. The number of methoxy groups -OCH3 is 1. The number of thiazole rings is 2. The number of aromatic nitrogens is 2. The van der Waals surface area contributed by atoms with E-state index in [0.717, 1.165) is 25.0 Å². The molecule has 2 aromatic heterocycles. The number of nitrogens with one attached hydrogen (secondary N) is 1. The minimum Gasteiger partial charge on any atom is -0.493 e. The van der Waals surface area contributed by atoms with Crippen LogP contribution >= 0.6 is 22.7 Å². The molecule has 0 atom stereocenters. The van der Waals surface area contributed by atoms with Crippen molar-refractivity contribution in [2.75, 3.05) is 13.7 Å². The first kappa shape index (κ1) is 20.8. The third-order valence-electron chi connectivity index (χ3n) is 5.03. The minimum atomic E-state index is -0.113. The number of rotatable bonds is 9. The van der Waals surface area contributed by atoms with Gasteiger partial charge in [0, 0.05) is 28.8 Å². The van der Waals surface area contributed by atoms with Crippen molar-refractivity contribution in [3.8, 4) is 11.5 Å². The molecule has 1 amide bonds. The Labute approximate surface area is 184 Å². The molecule has 2 heterocycles. The van der Waals surface area contributed by atoms with E-state index in [1.54, 1.807) is 30.8 Å². The Morgan fingerprint density at radius 1 is 1.23 bits per heavy atom. The van der Waals surface area contributed by atoms with Crippen molar-refractivity contribution in [2.24, 2.45) is 0 Å². The van der Waals surface area contributed by atoms with Crippen LogP contribution < -0.4 is 14.8 Å². The second kappa shape index (κ2) is 10.0. The van der Waals surface area contributed by atoms with Crippen LogP contribution in [0.3, 0.4) is 0 Å². The lowest BCUT2D eigenvalue weighted by Gasteiger charge is -2.11. The summed E-state index contributed by atoms with van der Waals surface area (Å²) in [7, 11) is 1.57. The maximum absolute atomic E-state index is 12.5. The van der Waals surface area contributed by atoms with Gasteiger partial charge in [-0.3, -0.25) is 4.79 Å². The molecule has 0 spiro atoms. The molecule has 4 rings (SSSR count). The molecular formula is C22H25N3O3S2. The summed E-state index contributed by atoms with van der Waals surface area (Å²) < 4.78 is 11.2. The Kier molecular flexibility index (Phi) is 6.96. The highest BCUT2D eigenvalue weighted by Crippen LogP contribution is 2.29. The van der Waals surface area contributed by atoms with Crippen LogP contribution in [0.2, 0.25) is 0 Å². The summed E-state index contributed by atoms with van der Waals surface area (Å²) in [5.74, 6) is 1.01. The normalized spacial score (nSPS) is 13.0. The predicted octanol–water partition coefficient (Wildman–Crippen LogP) is 4.43. The summed E-state index contributed by atoms with van der Waals surface area (Å²) in [5.41, 5.74) is 4.49. The Hall–Kier alpha value is -2.45. The van der Waals surface area contributed by atoms with Crippen molar-refractivity contribution in [1.82, 2.24) is 15.3 Å². The van der Waals surface area contributed by atoms with Gasteiger partial charge in [-0.05, 0) is 50.3 Å². The van der Waals surface area contributed by atoms with Crippen LogP contribution in [0.15, 0.2) is 29.1 Å². The van der Waals surface area contributed by atoms with Crippen LogP contribution in [0, 0.1) is 0 Å². The number of carbonyl (C=O) groups is 1. The molecule has 0 fully saturated rings. The van der Waals surface area contributed by atoms with Gasteiger partial charge in [0.1, 0.15) is 6.61 Å². The fourth-order valence-corrected chi connectivity index (χ4v) is 5.19. The van der Waals surface area contributed by atoms with E-state index in [2.05, 4.69) is 10.3 Å². The van der Waals surface area contributed by atoms with E-state index in [4.69, 9.17) is 14.5 Å². The Morgan fingerprint density at radius 2 is 2.13 bits per heavy atom. The number of hydrogen-bond donors (Lipinski definition) is 1. The zero-order chi connectivity index (χ0) is 20.8. The number of carbonyl (C=O) groups excluding carboxylic acids is 1. The predicted molar refractivity (Wildman–Crippen MR) is 119 cm³/mol. The first-order valence-electron chi connectivity index (χ1n) is 10.2. The Bertz CT molecular complexity index is 962. The molecule has 30 heavy (non-hydrogen) atoms. The monoisotopic (exact) mass is 443 g/mol. The molecule has 6 nitrogen and oxygen atoms in total. The molecule has 0 aliphatic heterocycles. The Balaban J connectivity index is 1.27. The van der Waals surface area contributed by atoms with Crippen LogP contribution in [-0.4, -0.2) is 29.5 Å². The van der Waals surface area contributed by atoms with Crippen LogP contribution in [0.4, 0.5) is 0 Å². The quantitative estimate of drug-likeness (QED) is 0.495. The van der Waals surface area contributed by atoms with Crippen molar-refractivity contribution in [1.29, 1.82) is 0 Å². The fourth-order valence-electron chi connectivity index (χ4n) is 3.44. The van der Waals surface area contributed by atoms with Crippen molar-refractivity contribution >= 4 is 28.6 Å². The summed E-state index contributed by atoms with van der Waals surface area (Å²) >= 11 is 3.37. The van der Waals surface area contributed by atoms with Gasteiger partial charge in [-0.25, -0.2) is 9.97 Å². The van der Waals surface area contributed by atoms with Gasteiger partial charge in [-0.1, -0.05) is 0 Å². The van der Waals surface area contributed by atoms with Gasteiger partial charge >= 0.3 is 0 Å². The number of hydrogen-bond acceptors (Lipinski definition) is 7. The van der Waals surface area contributed by atoms with Crippen LogP contribution in [0.25, 0.3) is 0 Å². The third-order valence-corrected chi connectivity index (χ3v) is 6.88. The molecule has 0 bridgehead atoms. The summed E-state index contributed by atoms with van der Waals surface area (Å²) in [5, 5.41) is 6.12. The van der Waals surface area contributed by atoms with E-state index in [9.17, 15) is 4.79 Å². The van der Waals surface area contributed by atoms with Gasteiger partial charge in [0.15, 0.2) is 11.5 Å². The number of amides is 1. The van der Waals surface area contributed by atoms with Crippen molar-refractivity contribution in [3.05, 3.63) is 55.9 Å². The molecule has 1 N–H and O–H groups in total. The summed E-state index contributed by atoms with van der Waals surface area (Å²) in [6.45, 7) is 0.985. The highest BCUT2D eigenvalue weighted by molar-refractivity contribution is 7.11. The average molecular weight is 444 g/mol. The first-order chi connectivity index (χ1) is 14.7. The van der Waals surface area contributed by atoms with Gasteiger partial charge in [-0.15, -0.1) is 22.7 Å². The van der Waals surface area contributed by atoms with E-state index in [-0.39, 0.29) is 5.91 Å². The van der Waals surface area contributed by atoms with Crippen molar-refractivity contribution < 1.29 is 14.3 Å². The number of fused-ring (bicyclic) bond motifs is 1. The topological polar surface area (TPSA) is 73.3 Å². The summed E-state index contributed by atoms with van der Waals surface area (Å²) in [4.78, 5) is 22.9. The van der Waals surface area contributed by atoms with Crippen LogP contribution in [0.1, 0.15) is 50.9 Å². The maximum Gasteiger partial charge on any atom is 0.251 e. The number of aryl methyl sites for hydroxylation is 3. The van der Waals surface area contributed by atoms with E-state index >= 15 is 0 Å². The molecular weight excluding hydrogens is 418 g/mol. The highest BCUT2D eigenvalue weighted by atomic mass is 32.1. The molecule has 0 saturated carbocycles. The van der Waals surface area contributed by atoms with E-state index in [0.29, 0.717) is 30.2 Å². The van der Waals surface area contributed by atoms with Gasteiger partial charge in [-0.2, -0.15) is 0 Å². The Morgan fingerprint density at radius 3 is 2.93 bits per heavy atom. The molecule has 158 valence electrons. The lowest BCUT2D eigenvalue weighted by molar-refractivity contribution is 0.0952.